The highest BCUT2D eigenvalue weighted by Gasteiger charge is 2.40. The van der Waals surface area contributed by atoms with Gasteiger partial charge in [-0.3, -0.25) is 29.3 Å². The predicted molar refractivity (Wildman–Crippen MR) is 274 cm³/mol. The molecule has 3 saturated heterocycles. The van der Waals surface area contributed by atoms with Crippen LogP contribution in [0.1, 0.15) is 102 Å². The van der Waals surface area contributed by atoms with E-state index >= 15 is 0 Å². The SMILES string of the molecule is C[C@@H](NC(=O)c1cccc(NC2(c3nc(-c4ccncc4)n[nH]3)CCNCC2)c1)c1cccc(OCCCCCOCCCOCC(=O)N2CCN(c3ccc4c(c3)CN(C3CCC(O)NC3=O)C4=O)CC2)c1. The molecule has 0 spiro atoms. The van der Waals surface area contributed by atoms with Gasteiger partial charge in [0, 0.05) is 93.0 Å². The molecule has 19 nitrogen and oxygen atoms in total. The van der Waals surface area contributed by atoms with Gasteiger partial charge in [0.2, 0.25) is 11.8 Å². The Morgan fingerprint density at radius 1 is 0.863 bits per heavy atom. The average Bonchev–Trinajstić information content (AvgIpc) is 4.05. The molecule has 4 aliphatic heterocycles. The molecule has 2 unspecified atom stereocenters. The largest absolute Gasteiger partial charge is 0.494 e. The number of piperidine rings is 2. The van der Waals surface area contributed by atoms with Crippen molar-refractivity contribution in [3.63, 3.8) is 0 Å². The highest BCUT2D eigenvalue weighted by atomic mass is 16.5. The summed E-state index contributed by atoms with van der Waals surface area (Å²) in [5.74, 6) is 1.45. The Balaban J connectivity index is 0.618. The molecule has 0 aliphatic carbocycles. The van der Waals surface area contributed by atoms with Crippen LogP contribution >= 0.6 is 0 Å². The second-order valence-electron chi connectivity index (χ2n) is 19.2. The number of aromatic amines is 1. The second-order valence-corrected chi connectivity index (χ2v) is 19.2. The summed E-state index contributed by atoms with van der Waals surface area (Å²) in [5.41, 5.74) is 5.20. The van der Waals surface area contributed by atoms with E-state index < -0.39 is 17.8 Å². The minimum absolute atomic E-state index is 0.0315. The number of anilines is 2. The number of benzene rings is 3. The molecule has 3 fully saturated rings. The number of hydrogen-bond acceptors (Lipinski definition) is 14. The number of H-pyrrole nitrogens is 1. The number of amides is 4. The lowest BCUT2D eigenvalue weighted by Crippen LogP contribution is -2.54. The first kappa shape index (κ1) is 51.0. The number of hydrogen-bond donors (Lipinski definition) is 6. The average molecular weight is 998 g/mol. The highest BCUT2D eigenvalue weighted by molar-refractivity contribution is 6.01. The molecule has 0 radical (unpaired) electrons. The second kappa shape index (κ2) is 24.2. The Morgan fingerprint density at radius 3 is 2.47 bits per heavy atom. The van der Waals surface area contributed by atoms with E-state index in [1.54, 1.807) is 17.3 Å². The molecule has 9 rings (SSSR count). The van der Waals surface area contributed by atoms with Crippen LogP contribution in [-0.4, -0.2) is 143 Å². The lowest BCUT2D eigenvalue weighted by molar-refractivity contribution is -0.136. The maximum absolute atomic E-state index is 13.6. The first-order valence-electron chi connectivity index (χ1n) is 25.7. The van der Waals surface area contributed by atoms with Crippen LogP contribution in [0, 0.1) is 0 Å². The number of ether oxygens (including phenoxy) is 3. The van der Waals surface area contributed by atoms with Crippen LogP contribution in [0.2, 0.25) is 0 Å². The number of pyridine rings is 1. The maximum Gasteiger partial charge on any atom is 0.255 e. The number of aromatic nitrogens is 4. The monoisotopic (exact) mass is 998 g/mol. The first-order chi connectivity index (χ1) is 35.6. The van der Waals surface area contributed by atoms with E-state index in [9.17, 15) is 24.3 Å². The molecule has 73 heavy (non-hydrogen) atoms. The molecule has 3 aromatic carbocycles. The lowest BCUT2D eigenvalue weighted by atomic mass is 9.87. The van der Waals surface area contributed by atoms with Crippen molar-refractivity contribution in [2.24, 2.45) is 0 Å². The zero-order valence-electron chi connectivity index (χ0n) is 41.5. The first-order valence-corrected chi connectivity index (χ1v) is 25.7. The van der Waals surface area contributed by atoms with Gasteiger partial charge in [-0.05, 0) is 143 Å². The van der Waals surface area contributed by atoms with Gasteiger partial charge >= 0.3 is 0 Å². The third-order valence-corrected chi connectivity index (χ3v) is 14.2. The number of nitrogens with zero attached hydrogens (tertiary/aromatic N) is 6. The van der Waals surface area contributed by atoms with Crippen molar-refractivity contribution in [1.82, 2.24) is 45.9 Å². The summed E-state index contributed by atoms with van der Waals surface area (Å²) in [6.45, 7) is 8.69. The number of carbonyl (C=O) groups excluding carboxylic acids is 4. The quantitative estimate of drug-likeness (QED) is 0.0506. The molecule has 0 saturated carbocycles. The smallest absolute Gasteiger partial charge is 0.255 e. The standard InChI is InChI=1S/C54H67N11O8/c1-37(57-50(68)40-9-5-10-42(32-40)60-54(18-22-56-23-19-54)53-59-49(61-62-53)38-16-20-55-21-17-38)39-8-6-11-44(34-39)73-31-4-2-3-28-71-29-7-30-72-36-48(67)64-26-24-63(25-27-64)43-12-13-45-41(33-43)35-65(52(45)70)46-14-15-47(66)58-51(46)69/h5-6,8-13,16-17,20-21,32-34,37,46-47,56,60,66H,2-4,7,14-15,18-19,22-31,35-36H2,1H3,(H,57,68)(H,58,69)(H,59,61,62)/t37-,46?,47?/m1/s1. The van der Waals surface area contributed by atoms with Crippen LogP contribution in [0.15, 0.2) is 91.3 Å². The van der Waals surface area contributed by atoms with Crippen molar-refractivity contribution < 1.29 is 38.5 Å². The Kier molecular flexibility index (Phi) is 16.9. The Labute approximate surface area is 425 Å². The number of carbonyl (C=O) groups is 4. The van der Waals surface area contributed by atoms with Gasteiger partial charge in [0.1, 0.15) is 24.6 Å². The molecule has 0 bridgehead atoms. The lowest BCUT2D eigenvalue weighted by Gasteiger charge is -2.37. The van der Waals surface area contributed by atoms with Crippen molar-refractivity contribution in [2.45, 2.75) is 88.7 Å². The molecule has 6 heterocycles. The van der Waals surface area contributed by atoms with Crippen LogP contribution in [-0.2, 0) is 31.1 Å². The summed E-state index contributed by atoms with van der Waals surface area (Å²) in [7, 11) is 0. The van der Waals surface area contributed by atoms with Gasteiger partial charge in [0.05, 0.1) is 18.2 Å². The summed E-state index contributed by atoms with van der Waals surface area (Å²) < 4.78 is 17.6. The van der Waals surface area contributed by atoms with Gasteiger partial charge in [-0.2, -0.15) is 5.10 Å². The van der Waals surface area contributed by atoms with Crippen LogP contribution < -0.4 is 30.9 Å². The summed E-state index contributed by atoms with van der Waals surface area (Å²) in [6.07, 6.45) is 8.46. The number of piperazine rings is 1. The van der Waals surface area contributed by atoms with E-state index in [-0.39, 0.29) is 36.3 Å². The fourth-order valence-corrected chi connectivity index (χ4v) is 9.99. The molecule has 4 amide bonds. The molecule has 6 N–H and O–H groups in total. The fourth-order valence-electron chi connectivity index (χ4n) is 9.99. The van der Waals surface area contributed by atoms with Gasteiger partial charge < -0.3 is 55.3 Å². The third-order valence-electron chi connectivity index (χ3n) is 14.2. The normalized spacial score (nSPS) is 19.0. The third kappa shape index (κ3) is 12.8. The van der Waals surface area contributed by atoms with Crippen molar-refractivity contribution in [2.75, 3.05) is 82.5 Å². The van der Waals surface area contributed by atoms with Gasteiger partial charge in [-0.25, -0.2) is 4.98 Å². The summed E-state index contributed by atoms with van der Waals surface area (Å²) in [5, 5.41) is 30.3. The molecule has 386 valence electrons. The van der Waals surface area contributed by atoms with Crippen LogP contribution in [0.25, 0.3) is 11.4 Å². The van der Waals surface area contributed by atoms with Gasteiger partial charge in [-0.1, -0.05) is 18.2 Å². The Hall–Kier alpha value is -6.93. The zero-order chi connectivity index (χ0) is 50.6. The van der Waals surface area contributed by atoms with E-state index in [4.69, 9.17) is 19.2 Å². The summed E-state index contributed by atoms with van der Waals surface area (Å²) in [6, 6.07) is 24.1. The predicted octanol–water partition coefficient (Wildman–Crippen LogP) is 4.92. The topological polar surface area (TPSA) is 228 Å². The van der Waals surface area contributed by atoms with Gasteiger partial charge in [0.25, 0.3) is 11.8 Å². The maximum atomic E-state index is 13.6. The number of unbranched alkanes of at least 4 members (excludes halogenated alkanes) is 2. The van der Waals surface area contributed by atoms with Crippen molar-refractivity contribution >= 4 is 35.0 Å². The van der Waals surface area contributed by atoms with E-state index in [1.807, 2.05) is 90.7 Å². The summed E-state index contributed by atoms with van der Waals surface area (Å²) >= 11 is 0. The van der Waals surface area contributed by atoms with Crippen molar-refractivity contribution in [3.8, 4) is 17.1 Å². The Morgan fingerprint density at radius 2 is 1.64 bits per heavy atom. The molecule has 4 aliphatic rings. The molecule has 5 aromatic rings. The van der Waals surface area contributed by atoms with Gasteiger partial charge in [-0.15, -0.1) is 0 Å². The molecule has 19 heteroatoms. The fraction of sp³-hybridized carbons (Fsp3) is 0.463. The number of rotatable bonds is 22. The van der Waals surface area contributed by atoms with E-state index in [0.717, 1.165) is 84.8 Å². The minimum atomic E-state index is -0.865. The van der Waals surface area contributed by atoms with E-state index in [1.165, 1.54) is 0 Å². The van der Waals surface area contributed by atoms with Crippen molar-refractivity contribution in [1.29, 1.82) is 0 Å². The number of nitrogens with one attached hydrogen (secondary N) is 5. The molecular formula is C54H67N11O8. The van der Waals surface area contributed by atoms with Crippen molar-refractivity contribution in [3.05, 3.63) is 119 Å². The van der Waals surface area contributed by atoms with Crippen LogP contribution in [0.5, 0.6) is 5.75 Å². The zero-order valence-corrected chi connectivity index (χ0v) is 41.5. The molecule has 2 aromatic heterocycles. The molecule has 3 atom stereocenters. The van der Waals surface area contributed by atoms with E-state index in [2.05, 4.69) is 41.3 Å². The number of fused-ring (bicyclic) bond motifs is 1. The minimum Gasteiger partial charge on any atom is -0.494 e. The van der Waals surface area contributed by atoms with Gasteiger partial charge in [0.15, 0.2) is 11.6 Å². The molecular weight excluding hydrogens is 931 g/mol. The number of aliphatic hydroxyl groups excluding tert-OH is 1. The number of aliphatic hydroxyl groups is 1. The van der Waals surface area contributed by atoms with Crippen LogP contribution in [0.3, 0.4) is 0 Å². The van der Waals surface area contributed by atoms with Crippen LogP contribution in [0.4, 0.5) is 11.4 Å². The Bertz CT molecular complexity index is 2670. The summed E-state index contributed by atoms with van der Waals surface area (Å²) in [4.78, 5) is 66.7. The van der Waals surface area contributed by atoms with E-state index in [0.29, 0.717) is 95.4 Å². The highest BCUT2D eigenvalue weighted by Crippen LogP contribution is 2.35.